The molecule has 91 heavy (non-hydrogen) atoms. The Hall–Kier alpha value is -1.94. The number of carbonyl (C=O) groups excluding carboxylic acids is 4. The highest BCUT2D eigenvalue weighted by atomic mass is 31.2. The van der Waals surface area contributed by atoms with Gasteiger partial charge in [-0.05, 0) is 49.4 Å². The SMILES string of the molecule is CCC(C)CCCCCCCCCCCCCCCCC(=O)O[C@H](COC(=O)CCCCCCCCCCCCC(C)CC)COP(=O)(O)OC[C@@H](O)COP(=O)(O)OC[C@@H](COC(=O)CCCCCCCCC(C)C)OC(=O)CCCCCCCCC(C)CC. The Morgan fingerprint density at radius 3 is 0.780 bits per heavy atom. The van der Waals surface area contributed by atoms with E-state index in [2.05, 4.69) is 55.4 Å². The second-order valence-corrected chi connectivity index (χ2v) is 30.1. The van der Waals surface area contributed by atoms with Gasteiger partial charge in [0.05, 0.1) is 26.4 Å². The average molecular weight is 1340 g/mol. The molecule has 0 aliphatic carbocycles. The maximum absolute atomic E-state index is 13.0. The summed E-state index contributed by atoms with van der Waals surface area (Å²) in [6.45, 7) is 14.1. The summed E-state index contributed by atoms with van der Waals surface area (Å²) in [5.41, 5.74) is 0. The van der Waals surface area contributed by atoms with Gasteiger partial charge in [-0.2, -0.15) is 0 Å². The van der Waals surface area contributed by atoms with E-state index < -0.39 is 97.5 Å². The predicted molar refractivity (Wildman–Crippen MR) is 367 cm³/mol. The van der Waals surface area contributed by atoms with Crippen molar-refractivity contribution in [2.45, 2.75) is 375 Å². The lowest BCUT2D eigenvalue weighted by atomic mass is 9.99. The van der Waals surface area contributed by atoms with E-state index >= 15 is 0 Å². The Morgan fingerprint density at radius 2 is 0.527 bits per heavy atom. The fraction of sp³-hybridized carbons (Fsp3) is 0.944. The van der Waals surface area contributed by atoms with Crippen molar-refractivity contribution in [3.05, 3.63) is 0 Å². The van der Waals surface area contributed by atoms with Gasteiger partial charge in [-0.15, -0.1) is 0 Å². The number of rotatable bonds is 69. The molecule has 0 heterocycles. The van der Waals surface area contributed by atoms with E-state index in [4.69, 9.17) is 37.0 Å². The topological polar surface area (TPSA) is 237 Å². The molecule has 540 valence electrons. The van der Waals surface area contributed by atoms with Crippen LogP contribution in [0.15, 0.2) is 0 Å². The lowest BCUT2D eigenvalue weighted by Crippen LogP contribution is -2.30. The molecule has 0 aromatic heterocycles. The number of ether oxygens (including phenoxy) is 4. The maximum Gasteiger partial charge on any atom is 0.472 e. The van der Waals surface area contributed by atoms with Gasteiger partial charge >= 0.3 is 39.5 Å². The smallest absolute Gasteiger partial charge is 0.462 e. The van der Waals surface area contributed by atoms with Crippen molar-refractivity contribution in [2.75, 3.05) is 39.6 Å². The molecule has 8 atom stereocenters. The molecule has 0 fully saturated rings. The third-order valence-electron chi connectivity index (χ3n) is 17.7. The van der Waals surface area contributed by atoms with Crippen LogP contribution in [-0.2, 0) is 65.4 Å². The quantitative estimate of drug-likeness (QED) is 0.0222. The van der Waals surface area contributed by atoms with Crippen LogP contribution in [0.4, 0.5) is 0 Å². The largest absolute Gasteiger partial charge is 0.472 e. The molecular formula is C72H140O17P2. The van der Waals surface area contributed by atoms with Crippen LogP contribution in [0, 0.1) is 23.7 Å². The Morgan fingerprint density at radius 1 is 0.308 bits per heavy atom. The molecule has 0 aliphatic rings. The summed E-state index contributed by atoms with van der Waals surface area (Å²) in [7, 11) is -9.90. The molecule has 17 nitrogen and oxygen atoms in total. The molecule has 0 saturated carbocycles. The summed E-state index contributed by atoms with van der Waals surface area (Å²) in [6, 6.07) is 0. The zero-order chi connectivity index (χ0) is 67.5. The zero-order valence-electron chi connectivity index (χ0n) is 59.5. The second-order valence-electron chi connectivity index (χ2n) is 27.2. The summed E-state index contributed by atoms with van der Waals surface area (Å²) < 4.78 is 68.3. The number of esters is 4. The van der Waals surface area contributed by atoms with Crippen molar-refractivity contribution in [2.24, 2.45) is 23.7 Å². The normalized spacial score (nSPS) is 15.1. The molecule has 0 rings (SSSR count). The minimum absolute atomic E-state index is 0.101. The van der Waals surface area contributed by atoms with Crippen molar-refractivity contribution < 1.29 is 80.2 Å². The molecule has 0 aliphatic heterocycles. The number of aliphatic hydroxyl groups excluding tert-OH is 1. The number of aliphatic hydroxyl groups is 1. The maximum atomic E-state index is 13.0. The number of phosphoric acid groups is 2. The minimum Gasteiger partial charge on any atom is -0.462 e. The zero-order valence-corrected chi connectivity index (χ0v) is 61.3. The fourth-order valence-corrected chi connectivity index (χ4v) is 12.3. The fourth-order valence-electron chi connectivity index (χ4n) is 10.7. The van der Waals surface area contributed by atoms with Gasteiger partial charge in [0.15, 0.2) is 12.2 Å². The minimum atomic E-state index is -4.96. The van der Waals surface area contributed by atoms with Crippen molar-refractivity contribution in [3.8, 4) is 0 Å². The van der Waals surface area contributed by atoms with Crippen LogP contribution >= 0.6 is 15.6 Å². The van der Waals surface area contributed by atoms with Crippen LogP contribution in [0.25, 0.3) is 0 Å². The average Bonchev–Trinajstić information content (AvgIpc) is 3.56. The van der Waals surface area contributed by atoms with E-state index in [0.29, 0.717) is 31.6 Å². The van der Waals surface area contributed by atoms with Crippen LogP contribution in [0.5, 0.6) is 0 Å². The molecule has 19 heteroatoms. The van der Waals surface area contributed by atoms with E-state index in [9.17, 15) is 43.2 Å². The van der Waals surface area contributed by atoms with E-state index in [-0.39, 0.29) is 25.7 Å². The Labute approximate surface area is 556 Å². The van der Waals surface area contributed by atoms with Crippen LogP contribution in [0.3, 0.4) is 0 Å². The van der Waals surface area contributed by atoms with Gasteiger partial charge in [0.1, 0.15) is 19.3 Å². The van der Waals surface area contributed by atoms with Gasteiger partial charge < -0.3 is 33.8 Å². The predicted octanol–water partition coefficient (Wildman–Crippen LogP) is 20.5. The molecule has 0 spiro atoms. The van der Waals surface area contributed by atoms with Gasteiger partial charge in [-0.25, -0.2) is 9.13 Å². The Bertz CT molecular complexity index is 1800. The molecule has 0 saturated heterocycles. The highest BCUT2D eigenvalue weighted by Gasteiger charge is 2.30. The van der Waals surface area contributed by atoms with E-state index in [0.717, 1.165) is 114 Å². The third-order valence-corrected chi connectivity index (χ3v) is 19.6. The summed E-state index contributed by atoms with van der Waals surface area (Å²) in [6.07, 6.45) is 44.5. The lowest BCUT2D eigenvalue weighted by Gasteiger charge is -2.21. The second kappa shape index (κ2) is 61.6. The first-order valence-electron chi connectivity index (χ1n) is 37.3. The van der Waals surface area contributed by atoms with Crippen LogP contribution in [-0.4, -0.2) is 96.7 Å². The van der Waals surface area contributed by atoms with Crippen LogP contribution in [0.2, 0.25) is 0 Å². The van der Waals surface area contributed by atoms with Crippen molar-refractivity contribution in [1.29, 1.82) is 0 Å². The van der Waals surface area contributed by atoms with Gasteiger partial charge in [0.2, 0.25) is 0 Å². The van der Waals surface area contributed by atoms with Gasteiger partial charge in [0.25, 0.3) is 0 Å². The summed E-state index contributed by atoms with van der Waals surface area (Å²) in [5, 5.41) is 10.6. The molecule has 0 aromatic carbocycles. The number of hydrogen-bond donors (Lipinski definition) is 3. The first-order chi connectivity index (χ1) is 43.7. The number of carbonyl (C=O) groups is 4. The van der Waals surface area contributed by atoms with Crippen molar-refractivity contribution >= 4 is 39.5 Å². The number of phosphoric ester groups is 2. The van der Waals surface area contributed by atoms with Crippen LogP contribution in [0.1, 0.15) is 357 Å². The number of unbranched alkanes of at least 4 members (excludes halogenated alkanes) is 32. The van der Waals surface area contributed by atoms with E-state index in [1.54, 1.807) is 0 Å². The van der Waals surface area contributed by atoms with Crippen molar-refractivity contribution in [3.63, 3.8) is 0 Å². The Kier molecular flexibility index (Phi) is 60.3. The standard InChI is InChI=1S/C72H140O17P2/c1-9-63(6)49-41-33-24-20-16-14-12-13-15-17-23-27-38-46-54-71(76)88-67(58-82-69(74)52-44-36-26-22-19-18-21-25-34-42-50-64(7)10-2)60-86-90(78,79)84-56-66(73)57-85-91(80,81)87-61-68(59-83-70(75)53-45-37-30-28-32-40-48-62(4)5)89-72(77)55-47-39-31-29-35-43-51-65(8)11-3/h62-68,73H,9-61H2,1-8H3,(H,78,79)(H,80,81)/t63?,64?,65?,66-,67-,68-/m1/s1. The van der Waals surface area contributed by atoms with Gasteiger partial charge in [-0.3, -0.25) is 37.3 Å². The molecule has 3 N–H and O–H groups in total. The number of hydrogen-bond acceptors (Lipinski definition) is 15. The van der Waals surface area contributed by atoms with E-state index in [1.807, 2.05) is 0 Å². The third kappa shape index (κ3) is 62.6. The summed E-state index contributed by atoms with van der Waals surface area (Å²) in [4.78, 5) is 72.6. The van der Waals surface area contributed by atoms with Crippen LogP contribution < -0.4 is 0 Å². The molecule has 0 amide bonds. The summed E-state index contributed by atoms with van der Waals surface area (Å²) >= 11 is 0. The van der Waals surface area contributed by atoms with Crippen molar-refractivity contribution in [1.82, 2.24) is 0 Å². The molecule has 0 radical (unpaired) electrons. The first-order valence-corrected chi connectivity index (χ1v) is 40.3. The molecular weight excluding hydrogens is 1200 g/mol. The highest BCUT2D eigenvalue weighted by molar-refractivity contribution is 7.47. The van der Waals surface area contributed by atoms with E-state index in [1.165, 1.54) is 154 Å². The molecule has 5 unspecified atom stereocenters. The molecule has 0 bridgehead atoms. The Balaban J connectivity index is 5.24. The highest BCUT2D eigenvalue weighted by Crippen LogP contribution is 2.45. The van der Waals surface area contributed by atoms with Gasteiger partial charge in [0, 0.05) is 25.7 Å². The molecule has 0 aromatic rings. The summed E-state index contributed by atoms with van der Waals surface area (Å²) in [5.74, 6) is 0.924. The monoisotopic (exact) mass is 1340 g/mol. The van der Waals surface area contributed by atoms with Gasteiger partial charge in [-0.1, -0.05) is 306 Å². The lowest BCUT2D eigenvalue weighted by molar-refractivity contribution is -0.161. The first kappa shape index (κ1) is 89.1.